The van der Waals surface area contributed by atoms with Crippen molar-refractivity contribution in [2.45, 2.75) is 31.8 Å². The Balaban J connectivity index is 0.00000161. The Kier molecular flexibility index (Phi) is 4.97. The van der Waals surface area contributed by atoms with Crippen molar-refractivity contribution in [1.82, 2.24) is 9.55 Å². The van der Waals surface area contributed by atoms with E-state index in [1.54, 1.807) is 6.92 Å². The number of fused-ring (bicyclic) bond motifs is 1. The maximum Gasteiger partial charge on any atom is 0.472 e. The van der Waals surface area contributed by atoms with Gasteiger partial charge in [-0.05, 0) is 6.92 Å². The van der Waals surface area contributed by atoms with Gasteiger partial charge in [-0.25, -0.2) is 9.36 Å². The average molecular weight is 327 g/mol. The number of ether oxygens (including phenoxy) is 1. The molecule has 3 rings (SSSR count). The largest absolute Gasteiger partial charge is 0.472 e. The first kappa shape index (κ1) is 17.1. The van der Waals surface area contributed by atoms with Gasteiger partial charge in [0.1, 0.15) is 18.4 Å². The van der Waals surface area contributed by atoms with Crippen LogP contribution in [0.2, 0.25) is 0 Å². The molecule has 0 bridgehead atoms. The van der Waals surface area contributed by atoms with Crippen LogP contribution in [-0.2, 0) is 18.3 Å². The van der Waals surface area contributed by atoms with Gasteiger partial charge in [0.25, 0.3) is 5.56 Å². The number of nitrogens with one attached hydrogen (secondary N) is 1. The maximum absolute atomic E-state index is 11.8. The van der Waals surface area contributed by atoms with E-state index in [0.29, 0.717) is 5.56 Å². The second-order valence-electron chi connectivity index (χ2n) is 4.75. The predicted molar refractivity (Wildman–Crippen MR) is 71.0 cm³/mol. The van der Waals surface area contributed by atoms with E-state index in [2.05, 4.69) is 9.51 Å². The molecule has 2 aliphatic heterocycles. The first-order chi connectivity index (χ1) is 9.35. The zero-order valence-corrected chi connectivity index (χ0v) is 14.4. The van der Waals surface area contributed by atoms with Crippen molar-refractivity contribution >= 4 is 37.4 Å². The van der Waals surface area contributed by atoms with Crippen molar-refractivity contribution in [2.75, 3.05) is 6.61 Å². The summed E-state index contributed by atoms with van der Waals surface area (Å²) in [5.41, 5.74) is -0.688. The Bertz CT molecular complexity index is 701. The minimum atomic E-state index is -4.03. The third kappa shape index (κ3) is 3.40. The van der Waals surface area contributed by atoms with Gasteiger partial charge in [0, 0.05) is 47.7 Å². The molecule has 2 saturated heterocycles. The Morgan fingerprint density at radius 3 is 2.86 bits per heavy atom. The van der Waals surface area contributed by atoms with Crippen LogP contribution in [0.15, 0.2) is 15.8 Å². The number of nitrogens with zero attached hydrogens (tertiary/aromatic N) is 1. The van der Waals surface area contributed by atoms with Crippen LogP contribution < -0.4 is 11.2 Å². The van der Waals surface area contributed by atoms with E-state index in [1.807, 2.05) is 0 Å². The van der Waals surface area contributed by atoms with Crippen LogP contribution >= 0.6 is 7.82 Å². The van der Waals surface area contributed by atoms with Crippen molar-refractivity contribution < 1.29 is 23.2 Å². The Hall–Kier alpha value is -0.250. The normalized spacial score (nSPS) is 35.0. The molecule has 11 heteroatoms. The number of aromatic nitrogens is 2. The summed E-state index contributed by atoms with van der Waals surface area (Å²) in [6, 6.07) is 0. The number of aryl methyl sites for hydroxylation is 1. The van der Waals surface area contributed by atoms with Gasteiger partial charge in [0.05, 0.1) is 6.61 Å². The van der Waals surface area contributed by atoms with Crippen molar-refractivity contribution in [3.05, 3.63) is 32.6 Å². The molecule has 4 atom stereocenters. The summed E-state index contributed by atoms with van der Waals surface area (Å²) in [5.74, 6) is 0. The molecule has 2 fully saturated rings. The van der Waals surface area contributed by atoms with Crippen molar-refractivity contribution in [1.29, 1.82) is 0 Å². The molecule has 0 aliphatic carbocycles. The van der Waals surface area contributed by atoms with Gasteiger partial charge in [-0.1, -0.05) is 0 Å². The van der Waals surface area contributed by atoms with Gasteiger partial charge in [0.2, 0.25) is 0 Å². The van der Waals surface area contributed by atoms with E-state index in [4.69, 9.17) is 9.26 Å². The van der Waals surface area contributed by atoms with Crippen molar-refractivity contribution in [3.8, 4) is 0 Å². The first-order valence-corrected chi connectivity index (χ1v) is 7.48. The standard InChI is InChI=1S/C10H13N2O7P.Na/c1-5-3-12(10(14)11-9(5)13)8-2-6-7(18-8)4-17-20(15,16)19-6;/h3,6-8H,2,4H2,1H3,(H,15,16)(H,11,13,14);/t6-,7+,8+;/m0./s1. The topological polar surface area (TPSA) is 120 Å². The molecule has 0 amide bonds. The van der Waals surface area contributed by atoms with E-state index in [0.717, 1.165) is 0 Å². The molecule has 2 N–H and O–H groups in total. The molecule has 111 valence electrons. The fourth-order valence-electron chi connectivity index (χ4n) is 2.30. The SMILES string of the molecule is Cc1cn([C@H]2C[C@@H]3OP(=O)(O)OC[C@H]3O2)c(=O)[nH]c1=O.[Na]. The van der Waals surface area contributed by atoms with Gasteiger partial charge >= 0.3 is 13.5 Å². The van der Waals surface area contributed by atoms with Gasteiger partial charge in [0.15, 0.2) is 0 Å². The summed E-state index contributed by atoms with van der Waals surface area (Å²) >= 11 is 0. The summed E-state index contributed by atoms with van der Waals surface area (Å²) in [4.78, 5) is 34.5. The van der Waals surface area contributed by atoms with Crippen LogP contribution in [0.3, 0.4) is 0 Å². The molecule has 21 heavy (non-hydrogen) atoms. The molecule has 1 aromatic heterocycles. The summed E-state index contributed by atoms with van der Waals surface area (Å²) < 4.78 is 27.7. The minimum Gasteiger partial charge on any atom is -0.349 e. The monoisotopic (exact) mass is 327 g/mol. The van der Waals surface area contributed by atoms with Gasteiger partial charge < -0.3 is 9.63 Å². The molecule has 1 unspecified atom stereocenters. The van der Waals surface area contributed by atoms with Crippen LogP contribution in [0.5, 0.6) is 0 Å². The van der Waals surface area contributed by atoms with Gasteiger partial charge in [-0.2, -0.15) is 0 Å². The zero-order valence-electron chi connectivity index (χ0n) is 11.5. The average Bonchev–Trinajstić information content (AvgIpc) is 2.74. The summed E-state index contributed by atoms with van der Waals surface area (Å²) in [5, 5.41) is 0. The Morgan fingerprint density at radius 2 is 2.14 bits per heavy atom. The molecule has 9 nitrogen and oxygen atoms in total. The maximum atomic E-state index is 11.8. The molecule has 2 aliphatic rings. The van der Waals surface area contributed by atoms with Crippen LogP contribution in [0.1, 0.15) is 18.2 Å². The number of aromatic amines is 1. The second-order valence-corrected chi connectivity index (χ2v) is 6.16. The molecular weight excluding hydrogens is 314 g/mol. The summed E-state index contributed by atoms with van der Waals surface area (Å²) in [6.45, 7) is 1.49. The third-order valence-corrected chi connectivity index (χ3v) is 4.32. The summed E-state index contributed by atoms with van der Waals surface area (Å²) in [7, 11) is -4.03. The van der Waals surface area contributed by atoms with Gasteiger partial charge in [-0.3, -0.25) is 23.4 Å². The predicted octanol–water partition coefficient (Wildman–Crippen LogP) is -0.732. The number of rotatable bonds is 1. The number of hydrogen-bond donors (Lipinski definition) is 2. The number of H-pyrrole nitrogens is 1. The molecule has 1 radical (unpaired) electrons. The molecular formula is C10H13N2NaO7P. The van der Waals surface area contributed by atoms with E-state index in [9.17, 15) is 19.0 Å². The quantitative estimate of drug-likeness (QED) is 0.515. The van der Waals surface area contributed by atoms with E-state index >= 15 is 0 Å². The fourth-order valence-corrected chi connectivity index (χ4v) is 3.26. The van der Waals surface area contributed by atoms with E-state index in [1.165, 1.54) is 10.8 Å². The zero-order chi connectivity index (χ0) is 14.5. The Morgan fingerprint density at radius 1 is 1.43 bits per heavy atom. The molecule has 0 spiro atoms. The van der Waals surface area contributed by atoms with Gasteiger partial charge in [-0.15, -0.1) is 0 Å². The minimum absolute atomic E-state index is 0. The number of hydrogen-bond acceptors (Lipinski definition) is 6. The smallest absolute Gasteiger partial charge is 0.349 e. The fraction of sp³-hybridized carbons (Fsp3) is 0.600. The van der Waals surface area contributed by atoms with Crippen LogP contribution in [0, 0.1) is 6.92 Å². The van der Waals surface area contributed by atoms with E-state index < -0.39 is 37.5 Å². The number of phosphoric acid groups is 1. The van der Waals surface area contributed by atoms with Crippen molar-refractivity contribution in [2.24, 2.45) is 0 Å². The van der Waals surface area contributed by atoms with E-state index in [-0.39, 0.29) is 42.6 Å². The summed E-state index contributed by atoms with van der Waals surface area (Å²) in [6.07, 6.45) is -0.196. The van der Waals surface area contributed by atoms with Crippen molar-refractivity contribution in [3.63, 3.8) is 0 Å². The first-order valence-electron chi connectivity index (χ1n) is 5.99. The second kappa shape index (κ2) is 6.10. The van der Waals surface area contributed by atoms with Crippen LogP contribution in [-0.4, -0.2) is 62.8 Å². The molecule has 0 aromatic carbocycles. The molecule has 1 aromatic rings. The van der Waals surface area contributed by atoms with Crippen LogP contribution in [0.25, 0.3) is 0 Å². The third-order valence-electron chi connectivity index (χ3n) is 3.31. The molecule has 0 saturated carbocycles. The molecule has 3 heterocycles. The Labute approximate surface area is 141 Å². The van der Waals surface area contributed by atoms with Crippen LogP contribution in [0.4, 0.5) is 0 Å². The number of phosphoric ester groups is 1.